The highest BCUT2D eigenvalue weighted by Crippen LogP contribution is 2.26. The SMILES string of the molecule is CC(C)(C)OC(=O)NCCCON=C(C(=O)O)c1nc(N)sc1Cl. The number of carboxylic acids is 1. The Hall–Kier alpha value is -2.07. The van der Waals surface area contributed by atoms with Crippen molar-refractivity contribution < 1.29 is 24.3 Å². The predicted octanol–water partition coefficient (Wildman–Crippen LogP) is 2.10. The number of alkyl carbamates (subject to hydrolysis) is 1. The number of aliphatic carboxylic acids is 1. The van der Waals surface area contributed by atoms with Crippen LogP contribution in [0, 0.1) is 0 Å². The van der Waals surface area contributed by atoms with Gasteiger partial charge in [0.2, 0.25) is 5.71 Å². The Bertz CT molecular complexity index is 626. The number of hydrogen-bond acceptors (Lipinski definition) is 8. The molecule has 1 amide bonds. The molecule has 0 unspecified atom stereocenters. The minimum absolute atomic E-state index is 0.0430. The van der Waals surface area contributed by atoms with Gasteiger partial charge in [-0.2, -0.15) is 0 Å². The molecule has 4 N–H and O–H groups in total. The second-order valence-electron chi connectivity index (χ2n) is 5.53. The lowest BCUT2D eigenvalue weighted by molar-refractivity contribution is -0.129. The van der Waals surface area contributed by atoms with Gasteiger partial charge in [-0.1, -0.05) is 28.1 Å². The summed E-state index contributed by atoms with van der Waals surface area (Å²) in [5, 5.41) is 15.3. The molecule has 9 nitrogen and oxygen atoms in total. The number of hydrogen-bond donors (Lipinski definition) is 3. The summed E-state index contributed by atoms with van der Waals surface area (Å²) in [6.07, 6.45) is -0.135. The molecule has 11 heteroatoms. The molecule has 0 fully saturated rings. The van der Waals surface area contributed by atoms with E-state index in [1.165, 1.54) is 0 Å². The average Bonchev–Trinajstić information content (AvgIpc) is 2.74. The van der Waals surface area contributed by atoms with Crippen LogP contribution >= 0.6 is 22.9 Å². The van der Waals surface area contributed by atoms with E-state index in [1.807, 2.05) is 0 Å². The second kappa shape index (κ2) is 8.69. The van der Waals surface area contributed by atoms with Crippen LogP contribution in [0.4, 0.5) is 9.93 Å². The predicted molar refractivity (Wildman–Crippen MR) is 90.5 cm³/mol. The first-order valence-corrected chi connectivity index (χ1v) is 8.12. The van der Waals surface area contributed by atoms with Crippen LogP contribution in [-0.2, 0) is 14.4 Å². The van der Waals surface area contributed by atoms with Gasteiger partial charge in [-0.3, -0.25) is 0 Å². The number of nitrogens with zero attached hydrogens (tertiary/aromatic N) is 2. The Morgan fingerprint density at radius 2 is 2.12 bits per heavy atom. The monoisotopic (exact) mass is 378 g/mol. The number of nitrogens with one attached hydrogen (secondary N) is 1. The number of nitrogens with two attached hydrogens (primary N) is 1. The Kier molecular flexibility index (Phi) is 7.23. The molecule has 1 rings (SSSR count). The standard InChI is InChI=1S/C13H19ClN4O5S/c1-13(2,3)23-12(21)16-5-4-6-22-18-8(10(19)20)7-9(14)24-11(15)17-7/h4-6H2,1-3H3,(H2,15,17)(H,16,21)(H,19,20). The van der Waals surface area contributed by atoms with Crippen molar-refractivity contribution >= 4 is 45.8 Å². The number of nitrogen functional groups attached to an aromatic ring is 1. The fraction of sp³-hybridized carbons (Fsp3) is 0.538. The van der Waals surface area contributed by atoms with Gasteiger partial charge in [-0.15, -0.1) is 0 Å². The van der Waals surface area contributed by atoms with Crippen molar-refractivity contribution in [1.82, 2.24) is 10.3 Å². The molecular weight excluding hydrogens is 360 g/mol. The van der Waals surface area contributed by atoms with E-state index in [4.69, 9.17) is 32.0 Å². The van der Waals surface area contributed by atoms with Crippen molar-refractivity contribution in [2.24, 2.45) is 5.16 Å². The van der Waals surface area contributed by atoms with E-state index >= 15 is 0 Å². The summed E-state index contributed by atoms with van der Waals surface area (Å²) in [6, 6.07) is 0. The van der Waals surface area contributed by atoms with Crippen LogP contribution < -0.4 is 11.1 Å². The van der Waals surface area contributed by atoms with Gasteiger partial charge in [0.1, 0.15) is 22.2 Å². The number of aromatic nitrogens is 1. The molecule has 1 aromatic heterocycles. The molecule has 0 saturated carbocycles. The topological polar surface area (TPSA) is 136 Å². The molecule has 0 aromatic carbocycles. The number of amides is 1. The van der Waals surface area contributed by atoms with Crippen molar-refractivity contribution in [2.45, 2.75) is 32.8 Å². The number of carboxylic acid groups (broad SMARTS) is 1. The Morgan fingerprint density at radius 1 is 1.46 bits per heavy atom. The van der Waals surface area contributed by atoms with Crippen molar-refractivity contribution in [1.29, 1.82) is 0 Å². The van der Waals surface area contributed by atoms with Crippen molar-refractivity contribution in [3.63, 3.8) is 0 Å². The highest BCUT2D eigenvalue weighted by atomic mass is 35.5. The van der Waals surface area contributed by atoms with Gasteiger partial charge in [0.05, 0.1) is 0 Å². The molecular formula is C13H19ClN4O5S. The number of ether oxygens (including phenoxy) is 1. The van der Waals surface area contributed by atoms with Crippen LogP contribution in [-0.4, -0.2) is 46.6 Å². The number of oxime groups is 1. The lowest BCUT2D eigenvalue weighted by Gasteiger charge is -2.19. The summed E-state index contributed by atoms with van der Waals surface area (Å²) in [5.41, 5.74) is 4.41. The van der Waals surface area contributed by atoms with Crippen LogP contribution in [0.2, 0.25) is 4.34 Å². The number of thiazole rings is 1. The van der Waals surface area contributed by atoms with E-state index in [0.717, 1.165) is 11.3 Å². The molecule has 0 aliphatic heterocycles. The highest BCUT2D eigenvalue weighted by Gasteiger charge is 2.21. The zero-order valence-electron chi connectivity index (χ0n) is 13.5. The highest BCUT2D eigenvalue weighted by molar-refractivity contribution is 7.19. The number of rotatable bonds is 7. The molecule has 24 heavy (non-hydrogen) atoms. The van der Waals surface area contributed by atoms with Crippen LogP contribution in [0.25, 0.3) is 0 Å². The van der Waals surface area contributed by atoms with E-state index < -0.39 is 23.4 Å². The van der Waals surface area contributed by atoms with Crippen molar-refractivity contribution in [3.05, 3.63) is 10.0 Å². The van der Waals surface area contributed by atoms with Crippen LogP contribution in [0.15, 0.2) is 5.16 Å². The van der Waals surface area contributed by atoms with Gasteiger partial charge >= 0.3 is 12.1 Å². The van der Waals surface area contributed by atoms with E-state index in [-0.39, 0.29) is 28.3 Å². The van der Waals surface area contributed by atoms with E-state index in [2.05, 4.69) is 15.5 Å². The second-order valence-corrected chi connectivity index (χ2v) is 7.17. The summed E-state index contributed by atoms with van der Waals surface area (Å²) >= 11 is 6.79. The molecule has 0 aliphatic rings. The fourth-order valence-corrected chi connectivity index (χ4v) is 2.33. The lowest BCUT2D eigenvalue weighted by Crippen LogP contribution is -2.33. The quantitative estimate of drug-likeness (QED) is 0.375. The summed E-state index contributed by atoms with van der Waals surface area (Å²) < 4.78 is 5.17. The number of carbonyl (C=O) groups excluding carboxylic acids is 1. The number of halogens is 1. The van der Waals surface area contributed by atoms with Gasteiger partial charge in [0.15, 0.2) is 5.13 Å². The first-order valence-electron chi connectivity index (χ1n) is 6.92. The molecule has 0 aliphatic carbocycles. The normalized spacial score (nSPS) is 11.9. The van der Waals surface area contributed by atoms with Crippen LogP contribution in [0.5, 0.6) is 0 Å². The van der Waals surface area contributed by atoms with Gasteiger partial charge in [-0.05, 0) is 20.8 Å². The van der Waals surface area contributed by atoms with E-state index in [1.54, 1.807) is 20.8 Å². The Balaban J connectivity index is 2.43. The smallest absolute Gasteiger partial charge is 0.407 e. The third-order valence-electron chi connectivity index (χ3n) is 2.27. The minimum Gasteiger partial charge on any atom is -0.476 e. The van der Waals surface area contributed by atoms with Gasteiger partial charge in [0.25, 0.3) is 0 Å². The Morgan fingerprint density at radius 3 is 2.62 bits per heavy atom. The molecule has 0 atom stereocenters. The third kappa shape index (κ3) is 7.01. The zero-order chi connectivity index (χ0) is 18.3. The summed E-state index contributed by atoms with van der Waals surface area (Å²) in [4.78, 5) is 31.3. The van der Waals surface area contributed by atoms with E-state index in [9.17, 15) is 9.59 Å². The molecule has 0 radical (unpaired) electrons. The maximum Gasteiger partial charge on any atom is 0.407 e. The Labute approximate surface area is 147 Å². The first-order chi connectivity index (χ1) is 11.1. The minimum atomic E-state index is -1.34. The van der Waals surface area contributed by atoms with Gasteiger partial charge in [0, 0.05) is 13.0 Å². The fourth-order valence-electron chi connectivity index (χ4n) is 1.40. The number of carbonyl (C=O) groups is 2. The maximum absolute atomic E-state index is 11.4. The first kappa shape index (κ1) is 20.0. The molecule has 1 aromatic rings. The van der Waals surface area contributed by atoms with Crippen molar-refractivity contribution in [2.75, 3.05) is 18.9 Å². The summed E-state index contributed by atoms with van der Waals surface area (Å²) in [7, 11) is 0. The molecule has 0 spiro atoms. The number of anilines is 1. The van der Waals surface area contributed by atoms with Crippen molar-refractivity contribution in [3.8, 4) is 0 Å². The molecule has 134 valence electrons. The largest absolute Gasteiger partial charge is 0.476 e. The van der Waals surface area contributed by atoms with Crippen LogP contribution in [0.3, 0.4) is 0 Å². The van der Waals surface area contributed by atoms with Gasteiger partial charge in [-0.25, -0.2) is 14.6 Å². The zero-order valence-corrected chi connectivity index (χ0v) is 15.0. The third-order valence-corrected chi connectivity index (χ3v) is 3.35. The molecule has 0 bridgehead atoms. The van der Waals surface area contributed by atoms with Crippen LogP contribution in [0.1, 0.15) is 32.9 Å². The molecule has 0 saturated heterocycles. The van der Waals surface area contributed by atoms with E-state index in [0.29, 0.717) is 6.42 Å². The lowest BCUT2D eigenvalue weighted by atomic mass is 10.2. The summed E-state index contributed by atoms with van der Waals surface area (Å²) in [5.74, 6) is -1.34. The summed E-state index contributed by atoms with van der Waals surface area (Å²) in [6.45, 7) is 5.65. The van der Waals surface area contributed by atoms with Gasteiger partial charge < -0.3 is 25.7 Å². The average molecular weight is 379 g/mol. The molecule has 1 heterocycles. The maximum atomic E-state index is 11.4.